The molecule has 1 saturated heterocycles. The van der Waals surface area contributed by atoms with Crippen LogP contribution in [-0.4, -0.2) is 24.7 Å². The van der Waals surface area contributed by atoms with Crippen LogP contribution >= 0.6 is 0 Å². The lowest BCUT2D eigenvalue weighted by Crippen LogP contribution is -2.32. The molecule has 0 aromatic carbocycles. The van der Waals surface area contributed by atoms with E-state index in [2.05, 4.69) is 5.32 Å². The molecule has 2 unspecified atom stereocenters. The molecule has 1 rings (SSSR count). The molecule has 0 aromatic rings. The summed E-state index contributed by atoms with van der Waals surface area (Å²) in [4.78, 5) is 11.3. The van der Waals surface area contributed by atoms with E-state index in [1.54, 1.807) is 6.92 Å². The van der Waals surface area contributed by atoms with Gasteiger partial charge in [-0.25, -0.2) is 0 Å². The van der Waals surface area contributed by atoms with Gasteiger partial charge in [0.05, 0.1) is 12.2 Å². The lowest BCUT2D eigenvalue weighted by atomic mass is 10.0. The molecular formula is C11H18N2O2. The van der Waals surface area contributed by atoms with Crippen molar-refractivity contribution in [1.82, 2.24) is 5.32 Å². The van der Waals surface area contributed by atoms with E-state index in [0.717, 1.165) is 25.9 Å². The highest BCUT2D eigenvalue weighted by Gasteiger charge is 2.15. The van der Waals surface area contributed by atoms with Crippen LogP contribution in [0.4, 0.5) is 0 Å². The summed E-state index contributed by atoms with van der Waals surface area (Å²) in [6.45, 7) is 2.50. The molecule has 0 bridgehead atoms. The molecule has 1 aliphatic rings. The molecule has 0 radical (unpaired) electrons. The number of amides is 1. The van der Waals surface area contributed by atoms with Crippen LogP contribution in [0.25, 0.3) is 0 Å². The minimum Gasteiger partial charge on any atom is -0.378 e. The third-order valence-electron chi connectivity index (χ3n) is 2.54. The normalized spacial score (nSPS) is 22.8. The fraction of sp³-hybridized carbons (Fsp3) is 0.818. The van der Waals surface area contributed by atoms with Gasteiger partial charge in [-0.05, 0) is 32.6 Å². The van der Waals surface area contributed by atoms with E-state index in [0.29, 0.717) is 6.42 Å². The maximum Gasteiger partial charge on any atom is 0.221 e. The molecule has 15 heavy (non-hydrogen) atoms. The summed E-state index contributed by atoms with van der Waals surface area (Å²) in [7, 11) is 0. The molecule has 4 nitrogen and oxygen atoms in total. The predicted octanol–water partition coefficient (Wildman–Crippen LogP) is 1.36. The fourth-order valence-corrected chi connectivity index (χ4v) is 1.67. The van der Waals surface area contributed by atoms with Gasteiger partial charge in [0.1, 0.15) is 6.04 Å². The molecular weight excluding hydrogens is 192 g/mol. The van der Waals surface area contributed by atoms with Crippen LogP contribution in [0.1, 0.15) is 39.0 Å². The molecule has 1 amide bonds. The first-order chi connectivity index (χ1) is 7.22. The molecule has 1 fully saturated rings. The van der Waals surface area contributed by atoms with Crippen LogP contribution in [0.3, 0.4) is 0 Å². The van der Waals surface area contributed by atoms with Gasteiger partial charge < -0.3 is 10.1 Å². The molecule has 2 atom stereocenters. The standard InChI is InChI=1S/C11H18N2O2/c1-9(8-12)13-11(14)6-5-10-4-2-3-7-15-10/h9-10H,2-7H2,1H3,(H,13,14). The Morgan fingerprint density at radius 3 is 3.07 bits per heavy atom. The van der Waals surface area contributed by atoms with Crippen molar-refractivity contribution in [3.05, 3.63) is 0 Å². The van der Waals surface area contributed by atoms with Gasteiger partial charge in [0, 0.05) is 13.0 Å². The Bertz CT molecular complexity index is 241. The van der Waals surface area contributed by atoms with E-state index >= 15 is 0 Å². The number of carbonyl (C=O) groups excluding carboxylic acids is 1. The van der Waals surface area contributed by atoms with Gasteiger partial charge in [0.25, 0.3) is 0 Å². The molecule has 1 N–H and O–H groups in total. The van der Waals surface area contributed by atoms with Crippen LogP contribution in [0.2, 0.25) is 0 Å². The second kappa shape index (κ2) is 6.41. The molecule has 84 valence electrons. The summed E-state index contributed by atoms with van der Waals surface area (Å²) >= 11 is 0. The Labute approximate surface area is 90.6 Å². The maximum atomic E-state index is 11.3. The average molecular weight is 210 g/mol. The molecule has 0 aliphatic carbocycles. The highest BCUT2D eigenvalue weighted by atomic mass is 16.5. The zero-order valence-electron chi connectivity index (χ0n) is 9.16. The number of carbonyl (C=O) groups is 1. The number of nitriles is 1. The van der Waals surface area contributed by atoms with Gasteiger partial charge in [0.15, 0.2) is 0 Å². The lowest BCUT2D eigenvalue weighted by Gasteiger charge is -2.22. The third kappa shape index (κ3) is 4.80. The number of hydrogen-bond acceptors (Lipinski definition) is 3. The number of rotatable bonds is 4. The van der Waals surface area contributed by atoms with Crippen molar-refractivity contribution >= 4 is 5.91 Å². The first-order valence-corrected chi connectivity index (χ1v) is 5.53. The average Bonchev–Trinajstić information content (AvgIpc) is 2.27. The second-order valence-electron chi connectivity index (χ2n) is 3.95. The van der Waals surface area contributed by atoms with E-state index in [1.165, 1.54) is 6.42 Å². The molecule has 0 saturated carbocycles. The number of hydrogen-bond donors (Lipinski definition) is 1. The van der Waals surface area contributed by atoms with Crippen molar-refractivity contribution in [1.29, 1.82) is 5.26 Å². The predicted molar refractivity (Wildman–Crippen MR) is 56.0 cm³/mol. The summed E-state index contributed by atoms with van der Waals surface area (Å²) in [6, 6.07) is 1.57. The number of ether oxygens (including phenoxy) is 1. The molecule has 0 spiro atoms. The largest absolute Gasteiger partial charge is 0.378 e. The summed E-state index contributed by atoms with van der Waals surface area (Å²) in [6.07, 6.45) is 4.85. The van der Waals surface area contributed by atoms with Gasteiger partial charge in [-0.2, -0.15) is 5.26 Å². The Kier molecular flexibility index (Phi) is 5.13. The third-order valence-corrected chi connectivity index (χ3v) is 2.54. The van der Waals surface area contributed by atoms with Crippen LogP contribution in [0.5, 0.6) is 0 Å². The van der Waals surface area contributed by atoms with Crippen molar-refractivity contribution in [2.45, 2.75) is 51.2 Å². The molecule has 4 heteroatoms. The van der Waals surface area contributed by atoms with Gasteiger partial charge in [-0.3, -0.25) is 4.79 Å². The van der Waals surface area contributed by atoms with E-state index in [9.17, 15) is 4.79 Å². The first-order valence-electron chi connectivity index (χ1n) is 5.53. The van der Waals surface area contributed by atoms with Crippen molar-refractivity contribution in [3.8, 4) is 6.07 Å². The Morgan fingerprint density at radius 2 is 2.47 bits per heavy atom. The van der Waals surface area contributed by atoms with Gasteiger partial charge >= 0.3 is 0 Å². The molecule has 1 aliphatic heterocycles. The summed E-state index contributed by atoms with van der Waals surface area (Å²) in [5.41, 5.74) is 0. The van der Waals surface area contributed by atoms with Crippen LogP contribution in [-0.2, 0) is 9.53 Å². The quantitative estimate of drug-likeness (QED) is 0.762. The molecule has 0 aromatic heterocycles. The second-order valence-corrected chi connectivity index (χ2v) is 3.95. The Morgan fingerprint density at radius 1 is 1.67 bits per heavy atom. The number of nitrogens with zero attached hydrogens (tertiary/aromatic N) is 1. The van der Waals surface area contributed by atoms with Crippen molar-refractivity contribution in [2.24, 2.45) is 0 Å². The van der Waals surface area contributed by atoms with E-state index in [1.807, 2.05) is 6.07 Å². The summed E-state index contributed by atoms with van der Waals surface area (Å²) in [5.74, 6) is -0.0572. The zero-order chi connectivity index (χ0) is 11.1. The first kappa shape index (κ1) is 12.0. The van der Waals surface area contributed by atoms with Crippen molar-refractivity contribution < 1.29 is 9.53 Å². The lowest BCUT2D eigenvalue weighted by molar-refractivity contribution is -0.122. The Balaban J connectivity index is 2.13. The van der Waals surface area contributed by atoms with Gasteiger partial charge in [0.2, 0.25) is 5.91 Å². The van der Waals surface area contributed by atoms with Crippen molar-refractivity contribution in [2.75, 3.05) is 6.61 Å². The van der Waals surface area contributed by atoms with Gasteiger partial charge in [-0.1, -0.05) is 0 Å². The minimum atomic E-state index is -0.398. The fourth-order valence-electron chi connectivity index (χ4n) is 1.67. The highest BCUT2D eigenvalue weighted by Crippen LogP contribution is 2.16. The smallest absolute Gasteiger partial charge is 0.221 e. The summed E-state index contributed by atoms with van der Waals surface area (Å²) in [5, 5.41) is 11.1. The van der Waals surface area contributed by atoms with Gasteiger partial charge in [-0.15, -0.1) is 0 Å². The van der Waals surface area contributed by atoms with Crippen LogP contribution < -0.4 is 5.32 Å². The monoisotopic (exact) mass is 210 g/mol. The summed E-state index contributed by atoms with van der Waals surface area (Å²) < 4.78 is 5.51. The minimum absolute atomic E-state index is 0.0572. The highest BCUT2D eigenvalue weighted by molar-refractivity contribution is 5.76. The van der Waals surface area contributed by atoms with Crippen LogP contribution in [0.15, 0.2) is 0 Å². The number of nitrogens with one attached hydrogen (secondary N) is 1. The topological polar surface area (TPSA) is 62.1 Å². The van der Waals surface area contributed by atoms with Crippen molar-refractivity contribution in [3.63, 3.8) is 0 Å². The molecule has 1 heterocycles. The van der Waals surface area contributed by atoms with E-state index in [-0.39, 0.29) is 12.0 Å². The van der Waals surface area contributed by atoms with Crippen LogP contribution in [0, 0.1) is 11.3 Å². The van der Waals surface area contributed by atoms with E-state index < -0.39 is 6.04 Å². The zero-order valence-corrected chi connectivity index (χ0v) is 9.16. The van der Waals surface area contributed by atoms with E-state index in [4.69, 9.17) is 10.00 Å². The Hall–Kier alpha value is -1.08. The maximum absolute atomic E-state index is 11.3. The SMILES string of the molecule is CC(C#N)NC(=O)CCC1CCCCO1.